The van der Waals surface area contributed by atoms with Crippen molar-refractivity contribution >= 4 is 51.9 Å². The van der Waals surface area contributed by atoms with Crippen molar-refractivity contribution in [3.63, 3.8) is 0 Å². The van der Waals surface area contributed by atoms with Crippen LogP contribution in [0.4, 0.5) is 17.1 Å². The highest BCUT2D eigenvalue weighted by molar-refractivity contribution is 7.80. The topological polar surface area (TPSA) is 131 Å². The molecule has 1 aliphatic heterocycles. The first kappa shape index (κ1) is 24.1. The van der Waals surface area contributed by atoms with E-state index in [4.69, 9.17) is 28.6 Å². The summed E-state index contributed by atoms with van der Waals surface area (Å²) in [6.45, 7) is 3.99. The summed E-state index contributed by atoms with van der Waals surface area (Å²) in [6, 6.07) is 8.28. The lowest BCUT2D eigenvalue weighted by Gasteiger charge is -2.37. The molecule has 0 aliphatic carbocycles. The summed E-state index contributed by atoms with van der Waals surface area (Å²) in [5, 5.41) is 25.3. The van der Waals surface area contributed by atoms with Crippen molar-refractivity contribution in [1.82, 2.24) is 10.2 Å². The van der Waals surface area contributed by atoms with E-state index >= 15 is 0 Å². The number of nitrogens with zero attached hydrogens (tertiary/aromatic N) is 4. The standard InChI is InChI=1S/C20H20ClN5O6S/c1-2-32-18-6-3-13(11-17(18)26(30)31)19(27)22-20(33)24-9-7-23(8-10-24)16-5-4-14(25(28)29)12-15(16)21/h3-6,11-12H,2,7-10H2,1H3,(H,22,27,33). The van der Waals surface area contributed by atoms with Crippen molar-refractivity contribution in [3.8, 4) is 5.75 Å². The summed E-state index contributed by atoms with van der Waals surface area (Å²) in [4.78, 5) is 37.4. The van der Waals surface area contributed by atoms with Gasteiger partial charge in [0.2, 0.25) is 0 Å². The molecule has 174 valence electrons. The van der Waals surface area contributed by atoms with Crippen molar-refractivity contribution in [2.45, 2.75) is 6.92 Å². The van der Waals surface area contributed by atoms with Crippen LogP contribution < -0.4 is 15.0 Å². The Morgan fingerprint density at radius 1 is 1.12 bits per heavy atom. The highest BCUT2D eigenvalue weighted by Crippen LogP contribution is 2.31. The molecule has 0 bridgehead atoms. The van der Waals surface area contributed by atoms with Gasteiger partial charge in [-0.15, -0.1) is 0 Å². The number of non-ortho nitro benzene ring substituents is 1. The van der Waals surface area contributed by atoms with Gasteiger partial charge in [0.05, 0.1) is 27.2 Å². The molecule has 13 heteroatoms. The number of ether oxygens (including phenoxy) is 1. The normalized spacial score (nSPS) is 13.4. The van der Waals surface area contributed by atoms with Gasteiger partial charge in [0, 0.05) is 49.9 Å². The zero-order chi connectivity index (χ0) is 24.1. The van der Waals surface area contributed by atoms with Gasteiger partial charge in [-0.25, -0.2) is 0 Å². The lowest BCUT2D eigenvalue weighted by molar-refractivity contribution is -0.385. The molecule has 1 heterocycles. The molecular formula is C20H20ClN5O6S. The van der Waals surface area contributed by atoms with Crippen LogP contribution in [0.3, 0.4) is 0 Å². The smallest absolute Gasteiger partial charge is 0.311 e. The number of halogens is 1. The number of hydrogen-bond donors (Lipinski definition) is 1. The van der Waals surface area contributed by atoms with Crippen LogP contribution in [0.25, 0.3) is 0 Å². The fourth-order valence-corrected chi connectivity index (χ4v) is 3.91. The summed E-state index contributed by atoms with van der Waals surface area (Å²) >= 11 is 11.6. The van der Waals surface area contributed by atoms with Crippen LogP contribution in [0.5, 0.6) is 5.75 Å². The van der Waals surface area contributed by atoms with Gasteiger partial charge in [0.1, 0.15) is 0 Å². The molecule has 3 rings (SSSR count). The fourth-order valence-electron chi connectivity index (χ4n) is 3.34. The maximum absolute atomic E-state index is 12.6. The van der Waals surface area contributed by atoms with E-state index in [1.165, 1.54) is 24.3 Å². The van der Waals surface area contributed by atoms with E-state index in [0.29, 0.717) is 31.9 Å². The predicted octanol–water partition coefficient (Wildman–Crippen LogP) is 3.39. The number of piperazine rings is 1. The minimum atomic E-state index is -0.608. The number of nitro benzene ring substituents is 2. The van der Waals surface area contributed by atoms with Gasteiger partial charge in [-0.2, -0.15) is 0 Å². The number of nitro groups is 2. The molecule has 1 amide bonds. The summed E-state index contributed by atoms with van der Waals surface area (Å²) in [5.74, 6) is -0.477. The number of carbonyl (C=O) groups is 1. The van der Waals surface area contributed by atoms with E-state index < -0.39 is 15.8 Å². The van der Waals surface area contributed by atoms with E-state index in [-0.39, 0.29) is 39.4 Å². The molecule has 33 heavy (non-hydrogen) atoms. The molecule has 0 radical (unpaired) electrons. The van der Waals surface area contributed by atoms with Crippen LogP contribution >= 0.6 is 23.8 Å². The van der Waals surface area contributed by atoms with E-state index in [1.807, 2.05) is 4.90 Å². The number of benzene rings is 2. The van der Waals surface area contributed by atoms with E-state index in [2.05, 4.69) is 5.32 Å². The second-order valence-electron chi connectivity index (χ2n) is 7.00. The first-order valence-electron chi connectivity index (χ1n) is 9.91. The first-order valence-corrected chi connectivity index (χ1v) is 10.7. The minimum absolute atomic E-state index is 0.0826. The van der Waals surface area contributed by atoms with E-state index in [0.717, 1.165) is 6.07 Å². The Morgan fingerprint density at radius 3 is 2.39 bits per heavy atom. The van der Waals surface area contributed by atoms with Crippen LogP contribution in [0, 0.1) is 20.2 Å². The van der Waals surface area contributed by atoms with E-state index in [9.17, 15) is 25.0 Å². The Labute approximate surface area is 199 Å². The third kappa shape index (κ3) is 5.65. The van der Waals surface area contributed by atoms with Gasteiger partial charge in [-0.3, -0.25) is 30.3 Å². The van der Waals surface area contributed by atoms with Crippen LogP contribution in [0.15, 0.2) is 36.4 Å². The number of thiocarbonyl (C=S) groups is 1. The number of amides is 1. The average molecular weight is 494 g/mol. The summed E-state index contributed by atoms with van der Waals surface area (Å²) in [7, 11) is 0. The molecule has 1 saturated heterocycles. The van der Waals surface area contributed by atoms with Crippen LogP contribution in [-0.4, -0.2) is 58.6 Å². The molecule has 0 unspecified atom stereocenters. The van der Waals surface area contributed by atoms with Gasteiger partial charge < -0.3 is 14.5 Å². The predicted molar refractivity (Wildman–Crippen MR) is 126 cm³/mol. The highest BCUT2D eigenvalue weighted by atomic mass is 35.5. The van der Waals surface area contributed by atoms with E-state index in [1.54, 1.807) is 17.9 Å². The van der Waals surface area contributed by atoms with Gasteiger partial charge >= 0.3 is 5.69 Å². The third-order valence-corrected chi connectivity index (χ3v) is 5.65. The lowest BCUT2D eigenvalue weighted by Crippen LogP contribution is -2.52. The highest BCUT2D eigenvalue weighted by Gasteiger charge is 2.24. The van der Waals surface area contributed by atoms with Crippen LogP contribution in [0.2, 0.25) is 5.02 Å². The summed E-state index contributed by atoms with van der Waals surface area (Å²) in [5.41, 5.74) is 0.382. The number of carbonyl (C=O) groups excluding carboxylic acids is 1. The first-order chi connectivity index (χ1) is 15.7. The number of rotatable bonds is 6. The second kappa shape index (κ2) is 10.4. The summed E-state index contributed by atoms with van der Waals surface area (Å²) < 4.78 is 5.23. The molecule has 0 saturated carbocycles. The Bertz CT molecular complexity index is 1110. The molecule has 11 nitrogen and oxygen atoms in total. The number of nitrogens with one attached hydrogen (secondary N) is 1. The Morgan fingerprint density at radius 2 is 1.82 bits per heavy atom. The van der Waals surface area contributed by atoms with Crippen molar-refractivity contribution < 1.29 is 19.4 Å². The average Bonchev–Trinajstić information content (AvgIpc) is 2.79. The molecule has 0 aromatic heterocycles. The van der Waals surface area contributed by atoms with Crippen molar-refractivity contribution in [2.75, 3.05) is 37.7 Å². The monoisotopic (exact) mass is 493 g/mol. The SMILES string of the molecule is CCOc1ccc(C(=O)NC(=S)N2CCN(c3ccc([N+](=O)[O-])cc3Cl)CC2)cc1[N+](=O)[O-]. The Kier molecular flexibility index (Phi) is 7.61. The zero-order valence-corrected chi connectivity index (χ0v) is 19.1. The largest absolute Gasteiger partial charge is 0.487 e. The molecule has 1 fully saturated rings. The molecule has 0 spiro atoms. The van der Waals surface area contributed by atoms with Gasteiger partial charge in [-0.1, -0.05) is 11.6 Å². The van der Waals surface area contributed by atoms with Gasteiger partial charge in [-0.05, 0) is 37.3 Å². The number of hydrogen-bond acceptors (Lipinski definition) is 8. The lowest BCUT2D eigenvalue weighted by atomic mass is 10.1. The van der Waals surface area contributed by atoms with Crippen LogP contribution in [-0.2, 0) is 0 Å². The van der Waals surface area contributed by atoms with Gasteiger partial charge in [0.25, 0.3) is 11.6 Å². The minimum Gasteiger partial charge on any atom is -0.487 e. The van der Waals surface area contributed by atoms with Crippen LogP contribution in [0.1, 0.15) is 17.3 Å². The van der Waals surface area contributed by atoms with Gasteiger partial charge in [0.15, 0.2) is 10.9 Å². The maximum Gasteiger partial charge on any atom is 0.311 e. The molecule has 2 aromatic rings. The molecule has 0 atom stereocenters. The third-order valence-electron chi connectivity index (χ3n) is 4.99. The number of anilines is 1. The Hall–Kier alpha value is -3.51. The maximum atomic E-state index is 12.6. The van der Waals surface area contributed by atoms with Crippen molar-refractivity contribution in [1.29, 1.82) is 0 Å². The molecule has 2 aromatic carbocycles. The summed E-state index contributed by atoms with van der Waals surface area (Å²) in [6.07, 6.45) is 0. The molecule has 1 N–H and O–H groups in total. The molecule has 1 aliphatic rings. The fraction of sp³-hybridized carbons (Fsp3) is 0.300. The quantitative estimate of drug-likeness (QED) is 0.365. The zero-order valence-electron chi connectivity index (χ0n) is 17.5. The van der Waals surface area contributed by atoms with Crippen molar-refractivity contribution in [2.24, 2.45) is 0 Å². The Balaban J connectivity index is 1.61. The molecular weight excluding hydrogens is 474 g/mol. The van der Waals surface area contributed by atoms with Crippen molar-refractivity contribution in [3.05, 3.63) is 67.2 Å². The second-order valence-corrected chi connectivity index (χ2v) is 7.79.